The van der Waals surface area contributed by atoms with Crippen molar-refractivity contribution in [2.45, 2.75) is 24.3 Å². The van der Waals surface area contributed by atoms with Gasteiger partial charge in [-0.3, -0.25) is 0 Å². The summed E-state index contributed by atoms with van der Waals surface area (Å²) in [6, 6.07) is 6.75. The molecule has 1 unspecified atom stereocenters. The number of aliphatic hydroxyl groups is 1. The number of anilines is 1. The van der Waals surface area contributed by atoms with Crippen molar-refractivity contribution in [3.05, 3.63) is 24.3 Å². The van der Waals surface area contributed by atoms with E-state index in [9.17, 15) is 13.5 Å². The van der Waals surface area contributed by atoms with Crippen LogP contribution >= 0.6 is 0 Å². The third kappa shape index (κ3) is 4.19. The van der Waals surface area contributed by atoms with Crippen molar-refractivity contribution >= 4 is 15.7 Å². The maximum atomic E-state index is 11.9. The molecule has 19 heavy (non-hydrogen) atoms. The molecular weight excluding hydrogens is 264 g/mol. The highest BCUT2D eigenvalue weighted by molar-refractivity contribution is 7.89. The lowest BCUT2D eigenvalue weighted by molar-refractivity contribution is 0.187. The summed E-state index contributed by atoms with van der Waals surface area (Å²) in [5.41, 5.74) is 0.929. The highest BCUT2D eigenvalue weighted by Gasteiger charge is 2.16. The first-order valence-corrected chi connectivity index (χ1v) is 7.61. The van der Waals surface area contributed by atoms with Gasteiger partial charge in [-0.15, -0.1) is 0 Å². The van der Waals surface area contributed by atoms with Gasteiger partial charge in [0.05, 0.1) is 11.0 Å². The molecule has 0 aliphatic heterocycles. The van der Waals surface area contributed by atoms with Crippen molar-refractivity contribution < 1.29 is 13.5 Å². The van der Waals surface area contributed by atoms with Gasteiger partial charge >= 0.3 is 0 Å². The molecule has 1 N–H and O–H groups in total. The summed E-state index contributed by atoms with van der Waals surface area (Å²) in [6.45, 7) is 2.47. The molecule has 0 saturated heterocycles. The Morgan fingerprint density at radius 1 is 1.16 bits per heavy atom. The Labute approximate surface area is 115 Å². The van der Waals surface area contributed by atoms with Gasteiger partial charge in [-0.1, -0.05) is 0 Å². The average molecular weight is 286 g/mol. The number of hydrogen-bond donors (Lipinski definition) is 1. The summed E-state index contributed by atoms with van der Waals surface area (Å²) in [5.74, 6) is 0. The van der Waals surface area contributed by atoms with Gasteiger partial charge in [0.2, 0.25) is 10.0 Å². The van der Waals surface area contributed by atoms with E-state index < -0.39 is 10.0 Å². The Bertz CT molecular complexity index is 495. The van der Waals surface area contributed by atoms with E-state index in [0.29, 0.717) is 6.42 Å². The molecule has 6 heteroatoms. The van der Waals surface area contributed by atoms with Crippen LogP contribution in [0.4, 0.5) is 5.69 Å². The van der Waals surface area contributed by atoms with Crippen molar-refractivity contribution in [3.8, 4) is 0 Å². The minimum atomic E-state index is -3.37. The molecule has 1 aromatic carbocycles. The maximum absolute atomic E-state index is 11.9. The molecule has 1 atom stereocenters. The van der Waals surface area contributed by atoms with Gasteiger partial charge in [0.25, 0.3) is 0 Å². The van der Waals surface area contributed by atoms with Crippen LogP contribution in [0.2, 0.25) is 0 Å². The molecule has 0 spiro atoms. The van der Waals surface area contributed by atoms with Crippen molar-refractivity contribution in [1.29, 1.82) is 0 Å². The topological polar surface area (TPSA) is 60.9 Å². The molecule has 0 fully saturated rings. The normalized spacial score (nSPS) is 13.6. The molecule has 0 aromatic heterocycles. The first-order valence-electron chi connectivity index (χ1n) is 6.17. The lowest BCUT2D eigenvalue weighted by Gasteiger charge is -2.20. The summed E-state index contributed by atoms with van der Waals surface area (Å²) in [5, 5.41) is 9.25. The lowest BCUT2D eigenvalue weighted by atomic mass is 10.2. The molecular formula is C13H22N2O3S. The highest BCUT2D eigenvalue weighted by Crippen LogP contribution is 2.19. The third-order valence-corrected chi connectivity index (χ3v) is 4.77. The van der Waals surface area contributed by atoms with Crippen LogP contribution < -0.4 is 4.90 Å². The number of nitrogens with zero attached hydrogens (tertiary/aromatic N) is 2. The minimum Gasteiger partial charge on any atom is -0.393 e. The van der Waals surface area contributed by atoms with Gasteiger partial charge < -0.3 is 10.0 Å². The predicted octanol–water partition coefficient (Wildman–Crippen LogP) is 1.14. The molecule has 0 aliphatic rings. The summed E-state index contributed by atoms with van der Waals surface area (Å²) in [4.78, 5) is 2.27. The SMILES string of the molecule is CC(O)CCN(C)c1ccc(S(=O)(=O)N(C)C)cc1. The van der Waals surface area contributed by atoms with Gasteiger partial charge in [-0.05, 0) is 37.6 Å². The second-order valence-corrected chi connectivity index (χ2v) is 6.99. The summed E-state index contributed by atoms with van der Waals surface area (Å²) < 4.78 is 25.0. The van der Waals surface area contributed by atoms with Gasteiger partial charge in [-0.2, -0.15) is 0 Å². The zero-order chi connectivity index (χ0) is 14.6. The van der Waals surface area contributed by atoms with Gasteiger partial charge in [0.15, 0.2) is 0 Å². The number of benzene rings is 1. The molecule has 0 heterocycles. The fraction of sp³-hybridized carbons (Fsp3) is 0.538. The summed E-state index contributed by atoms with van der Waals surface area (Å²) >= 11 is 0. The van der Waals surface area contributed by atoms with Crippen LogP contribution in [0.15, 0.2) is 29.2 Å². The van der Waals surface area contributed by atoms with E-state index in [1.54, 1.807) is 31.2 Å². The zero-order valence-electron chi connectivity index (χ0n) is 11.9. The Hall–Kier alpha value is -1.11. The van der Waals surface area contributed by atoms with E-state index in [2.05, 4.69) is 0 Å². The fourth-order valence-corrected chi connectivity index (χ4v) is 2.49. The van der Waals surface area contributed by atoms with E-state index in [1.807, 2.05) is 11.9 Å². The smallest absolute Gasteiger partial charge is 0.242 e. The largest absolute Gasteiger partial charge is 0.393 e. The minimum absolute atomic E-state index is 0.283. The van der Waals surface area contributed by atoms with E-state index in [-0.39, 0.29) is 11.0 Å². The second kappa shape index (κ2) is 6.36. The van der Waals surface area contributed by atoms with Crippen molar-refractivity contribution in [2.75, 3.05) is 32.6 Å². The Balaban J connectivity index is 2.82. The van der Waals surface area contributed by atoms with Crippen LogP contribution in [-0.4, -0.2) is 51.6 Å². The number of sulfonamides is 1. The quantitative estimate of drug-likeness (QED) is 0.852. The standard InChI is InChI=1S/C13H22N2O3S/c1-11(16)9-10-15(4)12-5-7-13(8-6-12)19(17,18)14(2)3/h5-8,11,16H,9-10H2,1-4H3. The molecule has 0 amide bonds. The van der Waals surface area contributed by atoms with Crippen LogP contribution in [0.3, 0.4) is 0 Å². The van der Waals surface area contributed by atoms with Crippen molar-refractivity contribution in [1.82, 2.24) is 4.31 Å². The molecule has 1 aromatic rings. The number of hydrogen-bond acceptors (Lipinski definition) is 4. The van der Waals surface area contributed by atoms with E-state index in [0.717, 1.165) is 12.2 Å². The average Bonchev–Trinajstić information content (AvgIpc) is 2.35. The molecule has 1 rings (SSSR count). The zero-order valence-corrected chi connectivity index (χ0v) is 12.7. The van der Waals surface area contributed by atoms with Gasteiger partial charge in [0.1, 0.15) is 0 Å². The Kier molecular flexibility index (Phi) is 5.34. The highest BCUT2D eigenvalue weighted by atomic mass is 32.2. The molecule has 0 bridgehead atoms. The van der Waals surface area contributed by atoms with E-state index in [1.165, 1.54) is 18.4 Å². The second-order valence-electron chi connectivity index (χ2n) is 4.84. The van der Waals surface area contributed by atoms with Crippen LogP contribution in [0.1, 0.15) is 13.3 Å². The first-order chi connectivity index (χ1) is 8.75. The number of rotatable bonds is 6. The van der Waals surface area contributed by atoms with Crippen LogP contribution in [-0.2, 0) is 10.0 Å². The molecule has 5 nitrogen and oxygen atoms in total. The van der Waals surface area contributed by atoms with Crippen molar-refractivity contribution in [2.24, 2.45) is 0 Å². The van der Waals surface area contributed by atoms with E-state index in [4.69, 9.17) is 0 Å². The predicted molar refractivity (Wildman–Crippen MR) is 76.9 cm³/mol. The maximum Gasteiger partial charge on any atom is 0.242 e. The van der Waals surface area contributed by atoms with Crippen LogP contribution in [0, 0.1) is 0 Å². The van der Waals surface area contributed by atoms with Crippen molar-refractivity contribution in [3.63, 3.8) is 0 Å². The lowest BCUT2D eigenvalue weighted by Crippen LogP contribution is -2.23. The molecule has 0 aliphatic carbocycles. The van der Waals surface area contributed by atoms with Crippen LogP contribution in [0.25, 0.3) is 0 Å². The third-order valence-electron chi connectivity index (χ3n) is 2.94. The molecule has 108 valence electrons. The van der Waals surface area contributed by atoms with Crippen LogP contribution in [0.5, 0.6) is 0 Å². The monoisotopic (exact) mass is 286 g/mol. The fourth-order valence-electron chi connectivity index (χ4n) is 1.59. The van der Waals surface area contributed by atoms with Gasteiger partial charge in [0, 0.05) is 33.4 Å². The first kappa shape index (κ1) is 15.9. The Morgan fingerprint density at radius 3 is 2.11 bits per heavy atom. The Morgan fingerprint density at radius 2 is 1.68 bits per heavy atom. The molecule has 0 radical (unpaired) electrons. The number of aliphatic hydroxyl groups excluding tert-OH is 1. The summed E-state index contributed by atoms with van der Waals surface area (Å²) in [7, 11) is 1.57. The molecule has 0 saturated carbocycles. The van der Waals surface area contributed by atoms with Gasteiger partial charge in [-0.25, -0.2) is 12.7 Å². The summed E-state index contributed by atoms with van der Waals surface area (Å²) in [6.07, 6.45) is 0.338. The van der Waals surface area contributed by atoms with E-state index >= 15 is 0 Å².